The summed E-state index contributed by atoms with van der Waals surface area (Å²) in [4.78, 5) is 20.4. The first-order chi connectivity index (χ1) is 11.2. The smallest absolute Gasteiger partial charge is 0.249 e. The molecule has 3 aromatic heterocycles. The molecular formula is C16H15N5OS. The van der Waals surface area contributed by atoms with Crippen molar-refractivity contribution in [2.75, 3.05) is 5.32 Å². The Balaban J connectivity index is 1.58. The molecule has 116 valence electrons. The van der Waals surface area contributed by atoms with Crippen molar-refractivity contribution in [2.45, 2.75) is 13.5 Å². The molecule has 1 N–H and O–H groups in total. The number of amides is 1. The van der Waals surface area contributed by atoms with Crippen LogP contribution in [0.1, 0.15) is 16.4 Å². The zero-order valence-electron chi connectivity index (χ0n) is 12.5. The van der Waals surface area contributed by atoms with E-state index in [9.17, 15) is 4.79 Å². The Hall–Kier alpha value is -2.80. The fourth-order valence-electron chi connectivity index (χ4n) is 1.96. The van der Waals surface area contributed by atoms with Crippen LogP contribution in [0, 0.1) is 6.92 Å². The number of carbonyl (C=O) groups is 1. The lowest BCUT2D eigenvalue weighted by molar-refractivity contribution is -0.111. The largest absolute Gasteiger partial charge is 0.306 e. The number of aryl methyl sites for hydroxylation is 1. The lowest BCUT2D eigenvalue weighted by atomic mass is 10.3. The van der Waals surface area contributed by atoms with Gasteiger partial charge in [0.15, 0.2) is 5.82 Å². The molecule has 0 saturated heterocycles. The summed E-state index contributed by atoms with van der Waals surface area (Å²) in [6.45, 7) is 2.49. The quantitative estimate of drug-likeness (QED) is 0.732. The normalized spacial score (nSPS) is 11.0. The Labute approximate surface area is 137 Å². The fraction of sp³-hybridized carbons (Fsp3) is 0.125. The first kappa shape index (κ1) is 15.1. The molecule has 3 rings (SSSR count). The van der Waals surface area contributed by atoms with Crippen LogP contribution in [-0.2, 0) is 11.3 Å². The number of nitrogens with one attached hydrogen (secondary N) is 1. The highest BCUT2D eigenvalue weighted by atomic mass is 32.1. The van der Waals surface area contributed by atoms with Crippen LogP contribution in [0.15, 0.2) is 48.1 Å². The minimum Gasteiger partial charge on any atom is -0.306 e. The van der Waals surface area contributed by atoms with Gasteiger partial charge in [-0.25, -0.2) is 4.98 Å². The predicted octanol–water partition coefficient (Wildman–Crippen LogP) is 2.74. The summed E-state index contributed by atoms with van der Waals surface area (Å²) in [5.74, 6) is 0.267. The van der Waals surface area contributed by atoms with E-state index in [1.807, 2.05) is 30.5 Å². The molecule has 0 spiro atoms. The second-order valence-electron chi connectivity index (χ2n) is 4.83. The molecular weight excluding hydrogens is 310 g/mol. The third kappa shape index (κ3) is 4.33. The fourth-order valence-corrected chi connectivity index (χ4v) is 2.54. The number of rotatable bonds is 5. The highest BCUT2D eigenvalue weighted by Gasteiger charge is 2.03. The van der Waals surface area contributed by atoms with Crippen LogP contribution >= 0.6 is 11.3 Å². The molecule has 3 heterocycles. The summed E-state index contributed by atoms with van der Waals surface area (Å²) >= 11 is 1.55. The van der Waals surface area contributed by atoms with E-state index >= 15 is 0 Å². The van der Waals surface area contributed by atoms with Gasteiger partial charge in [0.2, 0.25) is 5.91 Å². The summed E-state index contributed by atoms with van der Waals surface area (Å²) in [7, 11) is 0. The number of aromatic nitrogens is 4. The van der Waals surface area contributed by atoms with Crippen molar-refractivity contribution in [1.82, 2.24) is 19.7 Å². The molecule has 7 heteroatoms. The van der Waals surface area contributed by atoms with Crippen LogP contribution in [0.4, 0.5) is 5.82 Å². The average molecular weight is 325 g/mol. The van der Waals surface area contributed by atoms with Gasteiger partial charge in [-0.05, 0) is 25.1 Å². The Bertz CT molecular complexity index is 822. The summed E-state index contributed by atoms with van der Waals surface area (Å²) in [6, 6.07) is 7.48. The highest BCUT2D eigenvalue weighted by Crippen LogP contribution is 2.10. The Morgan fingerprint density at radius 1 is 1.39 bits per heavy atom. The van der Waals surface area contributed by atoms with Gasteiger partial charge in [-0.15, -0.1) is 11.3 Å². The van der Waals surface area contributed by atoms with E-state index in [2.05, 4.69) is 20.4 Å². The van der Waals surface area contributed by atoms with Crippen LogP contribution in [0.25, 0.3) is 6.08 Å². The predicted molar refractivity (Wildman–Crippen MR) is 90.1 cm³/mol. The summed E-state index contributed by atoms with van der Waals surface area (Å²) in [5.41, 5.74) is 1.69. The van der Waals surface area contributed by atoms with E-state index in [-0.39, 0.29) is 5.91 Å². The van der Waals surface area contributed by atoms with Crippen LogP contribution in [0.5, 0.6) is 0 Å². The van der Waals surface area contributed by atoms with Crippen molar-refractivity contribution in [1.29, 1.82) is 0 Å². The number of hydrogen-bond donors (Lipinski definition) is 1. The number of nitrogens with zero attached hydrogens (tertiary/aromatic N) is 4. The van der Waals surface area contributed by atoms with Crippen molar-refractivity contribution in [3.63, 3.8) is 0 Å². The minimum absolute atomic E-state index is 0.237. The molecule has 0 saturated carbocycles. The second kappa shape index (κ2) is 6.97. The van der Waals surface area contributed by atoms with Gasteiger partial charge >= 0.3 is 0 Å². The van der Waals surface area contributed by atoms with Gasteiger partial charge in [0, 0.05) is 29.9 Å². The van der Waals surface area contributed by atoms with E-state index in [4.69, 9.17) is 0 Å². The van der Waals surface area contributed by atoms with Crippen molar-refractivity contribution >= 4 is 29.1 Å². The van der Waals surface area contributed by atoms with Crippen LogP contribution in [-0.4, -0.2) is 25.7 Å². The third-order valence-corrected chi connectivity index (χ3v) is 3.78. The Kier molecular flexibility index (Phi) is 4.58. The summed E-state index contributed by atoms with van der Waals surface area (Å²) in [5, 5.41) is 9.90. The van der Waals surface area contributed by atoms with Crippen LogP contribution in [0.2, 0.25) is 0 Å². The van der Waals surface area contributed by atoms with Gasteiger partial charge in [-0.1, -0.05) is 6.07 Å². The molecule has 0 aromatic carbocycles. The van der Waals surface area contributed by atoms with Crippen molar-refractivity contribution < 1.29 is 4.79 Å². The molecule has 0 radical (unpaired) electrons. The standard InChI is InChI=1S/C16H15N5OS/c1-12-18-14(11-23-12)5-6-16(22)19-15-7-9-21(20-15)10-13-4-2-3-8-17-13/h2-9,11H,10H2,1H3,(H,19,20,22)/b6-5+. The maximum Gasteiger partial charge on any atom is 0.249 e. The number of pyridine rings is 1. The highest BCUT2D eigenvalue weighted by molar-refractivity contribution is 7.09. The van der Waals surface area contributed by atoms with Gasteiger partial charge in [0.05, 0.1) is 22.9 Å². The third-order valence-electron chi connectivity index (χ3n) is 2.98. The number of hydrogen-bond acceptors (Lipinski definition) is 5. The zero-order chi connectivity index (χ0) is 16.1. The van der Waals surface area contributed by atoms with Crippen molar-refractivity contribution in [3.8, 4) is 0 Å². The average Bonchev–Trinajstić information content (AvgIpc) is 3.15. The van der Waals surface area contributed by atoms with Gasteiger partial charge < -0.3 is 5.32 Å². The van der Waals surface area contributed by atoms with Gasteiger partial charge in [0.25, 0.3) is 0 Å². The molecule has 0 aliphatic carbocycles. The van der Waals surface area contributed by atoms with Crippen LogP contribution in [0.3, 0.4) is 0 Å². The molecule has 6 nitrogen and oxygen atoms in total. The SMILES string of the molecule is Cc1nc(/C=C/C(=O)Nc2ccn(Cc3ccccn3)n2)cs1. The number of carbonyl (C=O) groups excluding carboxylic acids is 1. The van der Waals surface area contributed by atoms with Crippen LogP contribution < -0.4 is 5.32 Å². The van der Waals surface area contributed by atoms with Crippen molar-refractivity contribution in [3.05, 3.63) is 64.5 Å². The lowest BCUT2D eigenvalue weighted by Crippen LogP contribution is -2.09. The monoisotopic (exact) mass is 325 g/mol. The van der Waals surface area contributed by atoms with Gasteiger partial charge in [-0.2, -0.15) is 5.10 Å². The zero-order valence-corrected chi connectivity index (χ0v) is 13.3. The van der Waals surface area contributed by atoms with Gasteiger partial charge in [-0.3, -0.25) is 14.5 Å². The Morgan fingerprint density at radius 2 is 2.30 bits per heavy atom. The van der Waals surface area contributed by atoms with E-state index in [1.54, 1.807) is 40.6 Å². The maximum atomic E-state index is 11.9. The molecule has 0 bridgehead atoms. The molecule has 3 aromatic rings. The van der Waals surface area contributed by atoms with E-state index < -0.39 is 0 Å². The molecule has 0 fully saturated rings. The molecule has 0 atom stereocenters. The summed E-state index contributed by atoms with van der Waals surface area (Å²) in [6.07, 6.45) is 6.68. The Morgan fingerprint density at radius 3 is 3.04 bits per heavy atom. The first-order valence-electron chi connectivity index (χ1n) is 7.03. The summed E-state index contributed by atoms with van der Waals surface area (Å²) < 4.78 is 1.73. The maximum absolute atomic E-state index is 11.9. The van der Waals surface area contributed by atoms with E-state index in [0.29, 0.717) is 12.4 Å². The molecule has 1 amide bonds. The first-order valence-corrected chi connectivity index (χ1v) is 7.91. The molecule has 0 unspecified atom stereocenters. The van der Waals surface area contributed by atoms with E-state index in [1.165, 1.54) is 6.08 Å². The second-order valence-corrected chi connectivity index (χ2v) is 5.90. The lowest BCUT2D eigenvalue weighted by Gasteiger charge is -2.00. The molecule has 0 aliphatic heterocycles. The van der Waals surface area contributed by atoms with E-state index in [0.717, 1.165) is 16.4 Å². The number of thiazole rings is 1. The molecule has 23 heavy (non-hydrogen) atoms. The molecule has 0 aliphatic rings. The topological polar surface area (TPSA) is 72.7 Å². The minimum atomic E-state index is -0.237. The van der Waals surface area contributed by atoms with Crippen molar-refractivity contribution in [2.24, 2.45) is 0 Å². The number of anilines is 1. The van der Waals surface area contributed by atoms with Gasteiger partial charge in [0.1, 0.15) is 0 Å².